The molecule has 1 aliphatic rings. The Morgan fingerprint density at radius 2 is 2.31 bits per heavy atom. The molecule has 1 N–H and O–H groups in total. The first-order valence-corrected chi connectivity index (χ1v) is 5.39. The molecule has 0 bridgehead atoms. The lowest BCUT2D eigenvalue weighted by Crippen LogP contribution is -2.27. The smallest absolute Gasteiger partial charge is 0.224 e. The summed E-state index contributed by atoms with van der Waals surface area (Å²) in [5, 5.41) is 3.26. The van der Waals surface area contributed by atoms with Gasteiger partial charge in [0.1, 0.15) is 5.82 Å². The molecule has 16 heavy (non-hydrogen) atoms. The minimum absolute atomic E-state index is 0.0758. The summed E-state index contributed by atoms with van der Waals surface area (Å²) in [5.41, 5.74) is 0.837. The Hall–Kier alpha value is -1.42. The number of benzene rings is 1. The highest BCUT2D eigenvalue weighted by atomic mass is 19.1. The largest absolute Gasteiger partial charge is 0.344 e. The monoisotopic (exact) mass is 222 g/mol. The Morgan fingerprint density at radius 1 is 1.50 bits per heavy atom. The van der Waals surface area contributed by atoms with E-state index < -0.39 is 0 Å². The summed E-state index contributed by atoms with van der Waals surface area (Å²) in [5.74, 6) is -0.163. The van der Waals surface area contributed by atoms with Gasteiger partial charge >= 0.3 is 0 Å². The van der Waals surface area contributed by atoms with Crippen molar-refractivity contribution in [2.45, 2.75) is 12.5 Å². The van der Waals surface area contributed by atoms with E-state index >= 15 is 0 Å². The molecule has 1 aliphatic heterocycles. The Bertz CT molecular complexity index is 394. The zero-order chi connectivity index (χ0) is 11.5. The molecule has 1 aromatic rings. The summed E-state index contributed by atoms with van der Waals surface area (Å²) in [6, 6.07) is 6.34. The minimum Gasteiger partial charge on any atom is -0.344 e. The SMILES string of the molecule is CN1CCNC(c2cccc(F)c2)CC1=O. The van der Waals surface area contributed by atoms with E-state index in [2.05, 4.69) is 5.32 Å². The van der Waals surface area contributed by atoms with Crippen molar-refractivity contribution in [2.75, 3.05) is 20.1 Å². The average molecular weight is 222 g/mol. The van der Waals surface area contributed by atoms with Gasteiger partial charge in [0.15, 0.2) is 0 Å². The van der Waals surface area contributed by atoms with Gasteiger partial charge in [-0.3, -0.25) is 4.79 Å². The number of halogens is 1. The Morgan fingerprint density at radius 3 is 3.06 bits per heavy atom. The first kappa shape index (κ1) is 11.1. The molecule has 3 nitrogen and oxygen atoms in total. The molecule has 86 valence electrons. The average Bonchev–Trinajstić information content (AvgIpc) is 2.42. The molecular formula is C12H15FN2O. The van der Waals surface area contributed by atoms with Gasteiger partial charge in [-0.05, 0) is 17.7 Å². The molecule has 1 amide bonds. The van der Waals surface area contributed by atoms with Crippen LogP contribution < -0.4 is 5.32 Å². The normalized spacial score (nSPS) is 22.0. The fourth-order valence-corrected chi connectivity index (χ4v) is 1.89. The number of carbonyl (C=O) groups is 1. The van der Waals surface area contributed by atoms with Crippen molar-refractivity contribution in [3.05, 3.63) is 35.6 Å². The van der Waals surface area contributed by atoms with E-state index in [0.717, 1.165) is 12.1 Å². The van der Waals surface area contributed by atoms with Crippen LogP contribution in [0.5, 0.6) is 0 Å². The second-order valence-corrected chi connectivity index (χ2v) is 4.08. The second kappa shape index (κ2) is 4.61. The zero-order valence-electron chi connectivity index (χ0n) is 9.24. The maximum absolute atomic E-state index is 13.1. The standard InChI is InChI=1S/C12H15FN2O/c1-15-6-5-14-11(8-12(15)16)9-3-2-4-10(13)7-9/h2-4,7,11,14H,5-6,8H2,1H3. The van der Waals surface area contributed by atoms with Crippen molar-refractivity contribution in [3.8, 4) is 0 Å². The topological polar surface area (TPSA) is 32.3 Å². The minimum atomic E-state index is -0.260. The number of nitrogens with zero attached hydrogens (tertiary/aromatic N) is 1. The Balaban J connectivity index is 2.18. The molecule has 1 aromatic carbocycles. The Labute approximate surface area is 94.3 Å². The van der Waals surface area contributed by atoms with Gasteiger partial charge in [0, 0.05) is 32.6 Å². The number of nitrogens with one attached hydrogen (secondary N) is 1. The van der Waals surface area contributed by atoms with Gasteiger partial charge in [0.05, 0.1) is 0 Å². The number of hydrogen-bond acceptors (Lipinski definition) is 2. The van der Waals surface area contributed by atoms with Crippen LogP contribution in [0, 0.1) is 5.82 Å². The van der Waals surface area contributed by atoms with Crippen molar-refractivity contribution in [1.29, 1.82) is 0 Å². The van der Waals surface area contributed by atoms with Crippen LogP contribution in [0.4, 0.5) is 4.39 Å². The quantitative estimate of drug-likeness (QED) is 0.777. The molecule has 0 saturated carbocycles. The van der Waals surface area contributed by atoms with Crippen molar-refractivity contribution in [1.82, 2.24) is 10.2 Å². The molecule has 0 aliphatic carbocycles. The highest BCUT2D eigenvalue weighted by Gasteiger charge is 2.21. The number of likely N-dealkylation sites (N-methyl/N-ethyl adjacent to an activating group) is 1. The lowest BCUT2D eigenvalue weighted by Gasteiger charge is -2.15. The zero-order valence-corrected chi connectivity index (χ0v) is 9.24. The molecule has 0 spiro atoms. The highest BCUT2D eigenvalue weighted by molar-refractivity contribution is 5.77. The van der Waals surface area contributed by atoms with Gasteiger partial charge < -0.3 is 10.2 Å². The van der Waals surface area contributed by atoms with Crippen LogP contribution in [-0.4, -0.2) is 30.9 Å². The summed E-state index contributed by atoms with van der Waals surface area (Å²) >= 11 is 0. The van der Waals surface area contributed by atoms with E-state index in [0.29, 0.717) is 13.0 Å². The summed E-state index contributed by atoms with van der Waals surface area (Å²) in [6.45, 7) is 1.44. The van der Waals surface area contributed by atoms with E-state index in [1.807, 2.05) is 6.07 Å². The predicted molar refractivity (Wildman–Crippen MR) is 59.4 cm³/mol. The first-order valence-electron chi connectivity index (χ1n) is 5.39. The number of rotatable bonds is 1. The summed E-state index contributed by atoms with van der Waals surface area (Å²) in [6.07, 6.45) is 0.389. The lowest BCUT2D eigenvalue weighted by atomic mass is 10.0. The van der Waals surface area contributed by atoms with E-state index in [1.165, 1.54) is 12.1 Å². The fraction of sp³-hybridized carbons (Fsp3) is 0.417. The molecule has 1 atom stereocenters. The van der Waals surface area contributed by atoms with Crippen LogP contribution in [0.1, 0.15) is 18.0 Å². The van der Waals surface area contributed by atoms with Crippen LogP contribution in [0.3, 0.4) is 0 Å². The first-order chi connectivity index (χ1) is 7.66. The van der Waals surface area contributed by atoms with Crippen molar-refractivity contribution < 1.29 is 9.18 Å². The third-order valence-electron chi connectivity index (χ3n) is 2.89. The summed E-state index contributed by atoms with van der Waals surface area (Å²) in [4.78, 5) is 13.4. The van der Waals surface area contributed by atoms with Gasteiger partial charge in [-0.15, -0.1) is 0 Å². The summed E-state index contributed by atoms with van der Waals surface area (Å²) in [7, 11) is 1.79. The van der Waals surface area contributed by atoms with E-state index in [9.17, 15) is 9.18 Å². The van der Waals surface area contributed by atoms with Gasteiger partial charge in [0.25, 0.3) is 0 Å². The van der Waals surface area contributed by atoms with Crippen LogP contribution in [-0.2, 0) is 4.79 Å². The number of carbonyl (C=O) groups excluding carboxylic acids is 1. The van der Waals surface area contributed by atoms with Gasteiger partial charge in [-0.25, -0.2) is 4.39 Å². The molecule has 1 unspecified atom stereocenters. The summed E-state index contributed by atoms with van der Waals surface area (Å²) < 4.78 is 13.1. The molecule has 1 saturated heterocycles. The third-order valence-corrected chi connectivity index (χ3v) is 2.89. The third kappa shape index (κ3) is 2.39. The maximum atomic E-state index is 13.1. The van der Waals surface area contributed by atoms with Gasteiger partial charge in [-0.2, -0.15) is 0 Å². The van der Waals surface area contributed by atoms with Crippen LogP contribution in [0.15, 0.2) is 24.3 Å². The van der Waals surface area contributed by atoms with E-state index in [4.69, 9.17) is 0 Å². The van der Waals surface area contributed by atoms with Crippen molar-refractivity contribution >= 4 is 5.91 Å². The predicted octanol–water partition coefficient (Wildman–Crippen LogP) is 1.32. The molecule has 1 heterocycles. The van der Waals surface area contributed by atoms with E-state index in [-0.39, 0.29) is 17.8 Å². The van der Waals surface area contributed by atoms with Crippen molar-refractivity contribution in [2.24, 2.45) is 0 Å². The van der Waals surface area contributed by atoms with Crippen LogP contribution in [0.25, 0.3) is 0 Å². The molecular weight excluding hydrogens is 207 g/mol. The second-order valence-electron chi connectivity index (χ2n) is 4.08. The molecule has 4 heteroatoms. The molecule has 0 radical (unpaired) electrons. The maximum Gasteiger partial charge on any atom is 0.224 e. The highest BCUT2D eigenvalue weighted by Crippen LogP contribution is 2.20. The molecule has 1 fully saturated rings. The molecule has 2 rings (SSSR count). The number of amides is 1. The number of hydrogen-bond donors (Lipinski definition) is 1. The van der Waals surface area contributed by atoms with Crippen LogP contribution >= 0.6 is 0 Å². The Kier molecular flexibility index (Phi) is 3.19. The van der Waals surface area contributed by atoms with Gasteiger partial charge in [0.2, 0.25) is 5.91 Å². The lowest BCUT2D eigenvalue weighted by molar-refractivity contribution is -0.129. The van der Waals surface area contributed by atoms with Crippen molar-refractivity contribution in [3.63, 3.8) is 0 Å². The van der Waals surface area contributed by atoms with E-state index in [1.54, 1.807) is 18.0 Å². The molecule has 0 aromatic heterocycles. The fourth-order valence-electron chi connectivity index (χ4n) is 1.89. The van der Waals surface area contributed by atoms with Gasteiger partial charge in [-0.1, -0.05) is 12.1 Å². The van der Waals surface area contributed by atoms with Crippen LogP contribution in [0.2, 0.25) is 0 Å².